The largest absolute Gasteiger partial charge is 0.494 e. The van der Waals surface area contributed by atoms with Gasteiger partial charge in [0.2, 0.25) is 0 Å². The molecule has 0 saturated carbocycles. The Hall–Kier alpha value is -2.97. The van der Waals surface area contributed by atoms with E-state index in [-0.39, 0.29) is 5.82 Å². The Kier molecular flexibility index (Phi) is 5.22. The fourth-order valence-corrected chi connectivity index (χ4v) is 3.12. The molecular formula is C20H15FN2OS. The lowest BCUT2D eigenvalue weighted by atomic mass is 10.1. The van der Waals surface area contributed by atoms with Gasteiger partial charge in [-0.15, -0.1) is 11.3 Å². The van der Waals surface area contributed by atoms with Crippen molar-refractivity contribution in [2.24, 2.45) is 0 Å². The van der Waals surface area contributed by atoms with E-state index in [1.165, 1.54) is 23.5 Å². The summed E-state index contributed by atoms with van der Waals surface area (Å²) >= 11 is 1.39. The van der Waals surface area contributed by atoms with Crippen molar-refractivity contribution in [1.82, 2.24) is 4.98 Å². The summed E-state index contributed by atoms with van der Waals surface area (Å²) in [5.74, 6) is 0.477. The van der Waals surface area contributed by atoms with Crippen molar-refractivity contribution >= 4 is 23.0 Å². The molecule has 0 aliphatic heterocycles. The Morgan fingerprint density at radius 1 is 1.28 bits per heavy atom. The molecule has 0 aliphatic carbocycles. The second-order valence-corrected chi connectivity index (χ2v) is 6.08. The van der Waals surface area contributed by atoms with E-state index < -0.39 is 0 Å². The third-order valence-corrected chi connectivity index (χ3v) is 4.35. The number of nitriles is 1. The van der Waals surface area contributed by atoms with Crippen LogP contribution in [0.25, 0.3) is 22.9 Å². The van der Waals surface area contributed by atoms with Crippen LogP contribution in [0.3, 0.4) is 0 Å². The number of aromatic nitrogens is 1. The van der Waals surface area contributed by atoms with Crippen molar-refractivity contribution in [3.63, 3.8) is 0 Å². The number of hydrogen-bond donors (Lipinski definition) is 0. The first-order valence-electron chi connectivity index (χ1n) is 7.76. The normalized spacial score (nSPS) is 11.2. The van der Waals surface area contributed by atoms with Gasteiger partial charge < -0.3 is 4.74 Å². The monoisotopic (exact) mass is 350 g/mol. The summed E-state index contributed by atoms with van der Waals surface area (Å²) in [6.07, 6.45) is 1.64. The molecule has 0 saturated heterocycles. The van der Waals surface area contributed by atoms with E-state index in [0.29, 0.717) is 22.8 Å². The van der Waals surface area contributed by atoms with Gasteiger partial charge >= 0.3 is 0 Å². The van der Waals surface area contributed by atoms with E-state index in [2.05, 4.69) is 11.1 Å². The van der Waals surface area contributed by atoms with Gasteiger partial charge in [0.15, 0.2) is 0 Å². The third kappa shape index (κ3) is 4.11. The lowest BCUT2D eigenvalue weighted by molar-refractivity contribution is 0.340. The maximum atomic E-state index is 13.3. The standard InChI is InChI=1S/C20H15FN2OS/c1-2-24-18-8-6-15(7-9-18)19-13-25-20(23-19)16(12-22)10-14-4-3-5-17(21)11-14/h3-11,13H,2H2,1H3/b16-10+. The highest BCUT2D eigenvalue weighted by Gasteiger charge is 2.09. The summed E-state index contributed by atoms with van der Waals surface area (Å²) in [7, 11) is 0. The predicted octanol–water partition coefficient (Wildman–Crippen LogP) is 5.41. The minimum Gasteiger partial charge on any atom is -0.494 e. The number of hydrogen-bond acceptors (Lipinski definition) is 4. The van der Waals surface area contributed by atoms with E-state index in [0.717, 1.165) is 17.0 Å². The lowest BCUT2D eigenvalue weighted by Crippen LogP contribution is -1.90. The summed E-state index contributed by atoms with van der Waals surface area (Å²) in [5.41, 5.74) is 2.79. The average Bonchev–Trinajstić information content (AvgIpc) is 3.10. The van der Waals surface area contributed by atoms with Crippen LogP contribution >= 0.6 is 11.3 Å². The molecule has 3 aromatic rings. The van der Waals surface area contributed by atoms with Crippen LogP contribution in [0.15, 0.2) is 53.9 Å². The number of ether oxygens (including phenoxy) is 1. The number of nitrogens with zero attached hydrogens (tertiary/aromatic N) is 2. The van der Waals surface area contributed by atoms with Crippen molar-refractivity contribution in [2.45, 2.75) is 6.92 Å². The molecule has 0 fully saturated rings. The molecule has 0 spiro atoms. The number of halogens is 1. The van der Waals surface area contributed by atoms with Crippen LogP contribution in [-0.2, 0) is 0 Å². The van der Waals surface area contributed by atoms with Gasteiger partial charge in [-0.1, -0.05) is 12.1 Å². The van der Waals surface area contributed by atoms with Gasteiger partial charge in [-0.2, -0.15) is 5.26 Å². The van der Waals surface area contributed by atoms with Crippen LogP contribution in [0.2, 0.25) is 0 Å². The van der Waals surface area contributed by atoms with E-state index in [1.54, 1.807) is 18.2 Å². The first kappa shape index (κ1) is 16.9. The molecule has 25 heavy (non-hydrogen) atoms. The molecule has 0 atom stereocenters. The van der Waals surface area contributed by atoms with Crippen molar-refractivity contribution in [2.75, 3.05) is 6.61 Å². The molecule has 0 amide bonds. The van der Waals surface area contributed by atoms with Gasteiger partial charge in [0.05, 0.1) is 17.9 Å². The number of thiazole rings is 1. The second-order valence-electron chi connectivity index (χ2n) is 5.22. The van der Waals surface area contributed by atoms with Crippen molar-refractivity contribution < 1.29 is 9.13 Å². The molecule has 1 aromatic heterocycles. The van der Waals surface area contributed by atoms with E-state index in [9.17, 15) is 9.65 Å². The first-order chi connectivity index (χ1) is 12.2. The minimum atomic E-state index is -0.333. The third-order valence-electron chi connectivity index (χ3n) is 3.48. The summed E-state index contributed by atoms with van der Waals surface area (Å²) in [6, 6.07) is 15.9. The number of benzene rings is 2. The molecule has 3 nitrogen and oxygen atoms in total. The zero-order chi connectivity index (χ0) is 17.6. The molecule has 2 aromatic carbocycles. The molecule has 0 unspecified atom stereocenters. The Morgan fingerprint density at radius 3 is 2.76 bits per heavy atom. The quantitative estimate of drug-likeness (QED) is 0.578. The van der Waals surface area contributed by atoms with Crippen molar-refractivity contribution in [3.8, 4) is 23.1 Å². The highest BCUT2D eigenvalue weighted by Crippen LogP contribution is 2.28. The van der Waals surface area contributed by atoms with E-state index in [4.69, 9.17) is 4.74 Å². The van der Waals surface area contributed by atoms with Gasteiger partial charge in [0, 0.05) is 10.9 Å². The Balaban J connectivity index is 1.87. The highest BCUT2D eigenvalue weighted by atomic mass is 32.1. The van der Waals surface area contributed by atoms with Crippen LogP contribution < -0.4 is 4.74 Å². The van der Waals surface area contributed by atoms with Gasteiger partial charge in [-0.25, -0.2) is 9.37 Å². The molecule has 0 bridgehead atoms. The molecule has 124 valence electrons. The van der Waals surface area contributed by atoms with Crippen LogP contribution in [0.5, 0.6) is 5.75 Å². The molecule has 0 aliphatic rings. The van der Waals surface area contributed by atoms with Crippen LogP contribution in [0, 0.1) is 17.1 Å². The Morgan fingerprint density at radius 2 is 2.08 bits per heavy atom. The predicted molar refractivity (Wildman–Crippen MR) is 98.6 cm³/mol. The fourth-order valence-electron chi connectivity index (χ4n) is 2.32. The summed E-state index contributed by atoms with van der Waals surface area (Å²) in [4.78, 5) is 4.54. The summed E-state index contributed by atoms with van der Waals surface area (Å²) < 4.78 is 18.7. The fraction of sp³-hybridized carbons (Fsp3) is 0.100. The Bertz CT molecular complexity index is 939. The van der Waals surface area contributed by atoms with E-state index >= 15 is 0 Å². The average molecular weight is 350 g/mol. The zero-order valence-electron chi connectivity index (χ0n) is 13.6. The maximum Gasteiger partial charge on any atom is 0.134 e. The molecule has 0 N–H and O–H groups in total. The Labute approximate surface area is 149 Å². The SMILES string of the molecule is CCOc1ccc(-c2csc(/C(C#N)=C/c3cccc(F)c3)n2)cc1. The first-order valence-corrected chi connectivity index (χ1v) is 8.64. The lowest BCUT2D eigenvalue weighted by Gasteiger charge is -2.03. The molecule has 1 heterocycles. The highest BCUT2D eigenvalue weighted by molar-refractivity contribution is 7.11. The molecule has 3 rings (SSSR count). The van der Waals surface area contributed by atoms with Crippen molar-refractivity contribution in [1.29, 1.82) is 5.26 Å². The topological polar surface area (TPSA) is 45.9 Å². The second kappa shape index (κ2) is 7.73. The smallest absolute Gasteiger partial charge is 0.134 e. The minimum absolute atomic E-state index is 0.333. The van der Waals surface area contributed by atoms with Gasteiger partial charge in [0.25, 0.3) is 0 Å². The maximum absolute atomic E-state index is 13.3. The van der Waals surface area contributed by atoms with Crippen LogP contribution in [-0.4, -0.2) is 11.6 Å². The zero-order valence-corrected chi connectivity index (χ0v) is 14.4. The van der Waals surface area contributed by atoms with Gasteiger partial charge in [-0.05, 0) is 55.0 Å². The molecule has 0 radical (unpaired) electrons. The van der Waals surface area contributed by atoms with Crippen molar-refractivity contribution in [3.05, 3.63) is 70.3 Å². The number of allylic oxidation sites excluding steroid dienone is 1. The number of rotatable bonds is 5. The van der Waals surface area contributed by atoms with Gasteiger partial charge in [0.1, 0.15) is 22.6 Å². The van der Waals surface area contributed by atoms with Crippen LogP contribution in [0.4, 0.5) is 4.39 Å². The summed E-state index contributed by atoms with van der Waals surface area (Å²) in [5, 5.41) is 11.9. The molecule has 5 heteroatoms. The summed E-state index contributed by atoms with van der Waals surface area (Å²) in [6.45, 7) is 2.56. The van der Waals surface area contributed by atoms with Crippen LogP contribution in [0.1, 0.15) is 17.5 Å². The molecular weight excluding hydrogens is 335 g/mol. The van der Waals surface area contributed by atoms with E-state index in [1.807, 2.05) is 36.6 Å². The van der Waals surface area contributed by atoms with Gasteiger partial charge in [-0.3, -0.25) is 0 Å².